The van der Waals surface area contributed by atoms with Gasteiger partial charge in [-0.2, -0.15) is 11.8 Å². The largest absolute Gasteiger partial charge is 0.469 e. The second kappa shape index (κ2) is 9.81. The zero-order valence-electron chi connectivity index (χ0n) is 12.7. The Labute approximate surface area is 140 Å². The number of esters is 1. The van der Waals surface area contributed by atoms with Crippen molar-refractivity contribution in [1.82, 2.24) is 5.32 Å². The van der Waals surface area contributed by atoms with Crippen molar-refractivity contribution in [3.05, 3.63) is 29.6 Å². The van der Waals surface area contributed by atoms with E-state index in [-0.39, 0.29) is 12.2 Å². The monoisotopic (exact) mass is 364 g/mol. The summed E-state index contributed by atoms with van der Waals surface area (Å²) in [5.74, 6) is -5.85. The minimum atomic E-state index is -1.70. The van der Waals surface area contributed by atoms with Crippen molar-refractivity contribution < 1.29 is 32.3 Å². The molecule has 2 amide bonds. The number of ether oxygens (including phenoxy) is 1. The first-order valence-electron chi connectivity index (χ1n) is 6.69. The lowest BCUT2D eigenvalue weighted by molar-refractivity contribution is -0.140. The van der Waals surface area contributed by atoms with Crippen molar-refractivity contribution in [2.45, 2.75) is 6.42 Å². The fourth-order valence-corrected chi connectivity index (χ4v) is 2.21. The molecule has 132 valence electrons. The maximum Gasteiger partial charge on any atom is 0.306 e. The van der Waals surface area contributed by atoms with Crippen molar-refractivity contribution in [2.24, 2.45) is 0 Å². The molecule has 0 unspecified atom stereocenters. The number of benzene rings is 1. The molecular weight excluding hydrogens is 349 g/mol. The van der Waals surface area contributed by atoms with Crippen molar-refractivity contribution in [1.29, 1.82) is 0 Å². The van der Waals surface area contributed by atoms with Gasteiger partial charge in [0.1, 0.15) is 0 Å². The predicted octanol–water partition coefficient (Wildman–Crippen LogP) is 1.45. The molecule has 24 heavy (non-hydrogen) atoms. The van der Waals surface area contributed by atoms with Crippen LogP contribution in [0.5, 0.6) is 0 Å². The third-order valence-corrected chi connectivity index (χ3v) is 3.63. The Bertz CT molecular complexity index is 628. The van der Waals surface area contributed by atoms with E-state index in [1.807, 2.05) is 5.32 Å². The van der Waals surface area contributed by atoms with Gasteiger partial charge in [0.05, 0.1) is 31.5 Å². The van der Waals surface area contributed by atoms with Gasteiger partial charge < -0.3 is 15.4 Å². The van der Waals surface area contributed by atoms with Gasteiger partial charge in [0.25, 0.3) is 0 Å². The maximum absolute atomic E-state index is 13.4. The van der Waals surface area contributed by atoms with E-state index in [4.69, 9.17) is 0 Å². The number of rotatable bonds is 8. The standard InChI is InChI=1S/C14H15F3N2O4S/c1-23-12(22)4-5-24-7-11(21)18-6-10(20)19-9-3-2-8(15)13(16)14(9)17/h2-3H,4-7H2,1H3,(H,18,21)(H,19,20). The predicted molar refractivity (Wildman–Crippen MR) is 81.9 cm³/mol. The zero-order valence-corrected chi connectivity index (χ0v) is 13.5. The van der Waals surface area contributed by atoms with Crippen LogP contribution in [0.25, 0.3) is 0 Å². The van der Waals surface area contributed by atoms with Gasteiger partial charge in [-0.3, -0.25) is 14.4 Å². The van der Waals surface area contributed by atoms with Crippen LogP contribution in [0, 0.1) is 17.5 Å². The van der Waals surface area contributed by atoms with E-state index in [9.17, 15) is 27.6 Å². The Morgan fingerprint density at radius 3 is 2.50 bits per heavy atom. The zero-order chi connectivity index (χ0) is 18.1. The molecule has 10 heteroatoms. The highest BCUT2D eigenvalue weighted by atomic mass is 32.2. The Morgan fingerprint density at radius 2 is 1.83 bits per heavy atom. The van der Waals surface area contributed by atoms with Crippen LogP contribution in [0.4, 0.5) is 18.9 Å². The van der Waals surface area contributed by atoms with Gasteiger partial charge in [0.15, 0.2) is 17.5 Å². The van der Waals surface area contributed by atoms with Crippen molar-refractivity contribution in [2.75, 3.05) is 30.5 Å². The average molecular weight is 364 g/mol. The van der Waals surface area contributed by atoms with Crippen LogP contribution in [-0.4, -0.2) is 42.9 Å². The van der Waals surface area contributed by atoms with E-state index in [0.717, 1.165) is 6.07 Å². The summed E-state index contributed by atoms with van der Waals surface area (Å²) in [6, 6.07) is 1.54. The summed E-state index contributed by atoms with van der Waals surface area (Å²) in [5, 5.41) is 4.29. The highest BCUT2D eigenvalue weighted by Gasteiger charge is 2.15. The Kier molecular flexibility index (Phi) is 8.10. The van der Waals surface area contributed by atoms with Crippen molar-refractivity contribution >= 4 is 35.2 Å². The van der Waals surface area contributed by atoms with Gasteiger partial charge in [-0.25, -0.2) is 13.2 Å². The number of anilines is 1. The van der Waals surface area contributed by atoms with Crippen molar-refractivity contribution in [3.63, 3.8) is 0 Å². The molecule has 0 aromatic heterocycles. The van der Waals surface area contributed by atoms with E-state index in [1.54, 1.807) is 0 Å². The van der Waals surface area contributed by atoms with Crippen LogP contribution in [0.2, 0.25) is 0 Å². The number of halogens is 3. The molecule has 1 rings (SSSR count). The maximum atomic E-state index is 13.4. The summed E-state index contributed by atoms with van der Waals surface area (Å²) in [6.07, 6.45) is 0.157. The normalized spacial score (nSPS) is 10.2. The Morgan fingerprint density at radius 1 is 1.12 bits per heavy atom. The smallest absolute Gasteiger partial charge is 0.306 e. The first-order chi connectivity index (χ1) is 11.3. The number of methoxy groups -OCH3 is 1. The molecule has 1 aromatic carbocycles. The lowest BCUT2D eigenvalue weighted by atomic mass is 10.2. The Hall–Kier alpha value is -2.23. The molecule has 0 aliphatic carbocycles. The number of amides is 2. The number of hydrogen-bond acceptors (Lipinski definition) is 5. The van der Waals surface area contributed by atoms with Crippen LogP contribution >= 0.6 is 11.8 Å². The molecule has 0 heterocycles. The van der Waals surface area contributed by atoms with Crippen LogP contribution in [0.1, 0.15) is 6.42 Å². The molecule has 0 atom stereocenters. The lowest BCUT2D eigenvalue weighted by Gasteiger charge is -2.08. The molecule has 0 spiro atoms. The second-order valence-electron chi connectivity index (χ2n) is 4.43. The summed E-state index contributed by atoms with van der Waals surface area (Å²) in [5.41, 5.74) is -0.527. The first-order valence-corrected chi connectivity index (χ1v) is 7.85. The van der Waals surface area contributed by atoms with E-state index < -0.39 is 47.5 Å². The van der Waals surface area contributed by atoms with Gasteiger partial charge in [-0.05, 0) is 12.1 Å². The molecule has 1 aromatic rings. The van der Waals surface area contributed by atoms with E-state index >= 15 is 0 Å². The average Bonchev–Trinajstić information content (AvgIpc) is 2.57. The van der Waals surface area contributed by atoms with Crippen LogP contribution in [0.15, 0.2) is 12.1 Å². The summed E-state index contributed by atoms with van der Waals surface area (Å²) in [7, 11) is 1.26. The number of carbonyl (C=O) groups is 3. The minimum absolute atomic E-state index is 0.0177. The highest BCUT2D eigenvalue weighted by molar-refractivity contribution is 7.99. The minimum Gasteiger partial charge on any atom is -0.469 e. The molecule has 0 aliphatic rings. The van der Waals surface area contributed by atoms with Gasteiger partial charge in [-0.15, -0.1) is 0 Å². The van der Waals surface area contributed by atoms with E-state index in [1.165, 1.54) is 18.9 Å². The first kappa shape index (κ1) is 19.8. The van der Waals surface area contributed by atoms with Crippen molar-refractivity contribution in [3.8, 4) is 0 Å². The Balaban J connectivity index is 2.32. The lowest BCUT2D eigenvalue weighted by Crippen LogP contribution is -2.34. The summed E-state index contributed by atoms with van der Waals surface area (Å²) >= 11 is 1.17. The van der Waals surface area contributed by atoms with E-state index in [2.05, 4.69) is 10.1 Å². The van der Waals surface area contributed by atoms with Gasteiger partial charge in [-0.1, -0.05) is 0 Å². The molecule has 0 radical (unpaired) electrons. The van der Waals surface area contributed by atoms with Gasteiger partial charge in [0, 0.05) is 5.75 Å². The summed E-state index contributed by atoms with van der Waals surface area (Å²) in [6.45, 7) is -0.463. The van der Waals surface area contributed by atoms with Gasteiger partial charge in [0.2, 0.25) is 11.8 Å². The molecule has 0 saturated carbocycles. The second-order valence-corrected chi connectivity index (χ2v) is 5.53. The van der Waals surface area contributed by atoms with Crippen LogP contribution in [0.3, 0.4) is 0 Å². The van der Waals surface area contributed by atoms with Crippen LogP contribution < -0.4 is 10.6 Å². The molecule has 2 N–H and O–H groups in total. The fourth-order valence-electron chi connectivity index (χ4n) is 1.47. The number of thioether (sulfide) groups is 1. The molecular formula is C14H15F3N2O4S. The number of carbonyl (C=O) groups excluding carboxylic acids is 3. The quantitative estimate of drug-likeness (QED) is 0.414. The third kappa shape index (κ3) is 6.49. The highest BCUT2D eigenvalue weighted by Crippen LogP contribution is 2.19. The number of nitrogens with one attached hydrogen (secondary N) is 2. The molecule has 0 aliphatic heterocycles. The summed E-state index contributed by atoms with van der Waals surface area (Å²) < 4.78 is 43.6. The third-order valence-electron chi connectivity index (χ3n) is 2.67. The molecule has 0 fully saturated rings. The SMILES string of the molecule is COC(=O)CCSCC(=O)NCC(=O)Nc1ccc(F)c(F)c1F. The molecule has 0 saturated heterocycles. The van der Waals surface area contributed by atoms with Crippen LogP contribution in [-0.2, 0) is 19.1 Å². The van der Waals surface area contributed by atoms with Gasteiger partial charge >= 0.3 is 5.97 Å². The van der Waals surface area contributed by atoms with E-state index in [0.29, 0.717) is 11.8 Å². The fraction of sp³-hybridized carbons (Fsp3) is 0.357. The summed E-state index contributed by atoms with van der Waals surface area (Å²) in [4.78, 5) is 33.9. The topological polar surface area (TPSA) is 84.5 Å². The molecule has 0 bridgehead atoms. The molecule has 6 nitrogen and oxygen atoms in total. The number of hydrogen-bond donors (Lipinski definition) is 2.